The Kier molecular flexibility index (Phi) is 7.14. The molecule has 3 rings (SSSR count). The van der Waals surface area contributed by atoms with Crippen molar-refractivity contribution < 1.29 is 23.8 Å². The first-order valence-corrected chi connectivity index (χ1v) is 10.2. The van der Waals surface area contributed by atoms with Gasteiger partial charge in [0, 0.05) is 10.6 Å². The lowest BCUT2D eigenvalue weighted by Gasteiger charge is -2.15. The van der Waals surface area contributed by atoms with Crippen LogP contribution in [0.15, 0.2) is 71.6 Å². The van der Waals surface area contributed by atoms with E-state index in [1.165, 1.54) is 14.2 Å². The molecule has 0 heterocycles. The monoisotopic (exact) mass is 422 g/mol. The Morgan fingerprint density at radius 1 is 0.833 bits per heavy atom. The van der Waals surface area contributed by atoms with Crippen LogP contribution >= 0.6 is 11.8 Å². The zero-order valence-corrected chi connectivity index (χ0v) is 17.8. The lowest BCUT2D eigenvalue weighted by atomic mass is 9.95. The van der Waals surface area contributed by atoms with Gasteiger partial charge in [0.15, 0.2) is 0 Å². The van der Waals surface area contributed by atoms with E-state index >= 15 is 0 Å². The largest absolute Gasteiger partial charge is 0.497 e. The van der Waals surface area contributed by atoms with Gasteiger partial charge >= 0.3 is 11.9 Å². The fourth-order valence-electron chi connectivity index (χ4n) is 3.03. The molecule has 0 aliphatic rings. The lowest BCUT2D eigenvalue weighted by molar-refractivity contribution is 0.0555. The average molecular weight is 423 g/mol. The van der Waals surface area contributed by atoms with Crippen LogP contribution in [0.4, 0.5) is 0 Å². The van der Waals surface area contributed by atoms with E-state index in [4.69, 9.17) is 14.2 Å². The molecule has 0 amide bonds. The molecule has 0 radical (unpaired) electrons. The van der Waals surface area contributed by atoms with Crippen LogP contribution in [0, 0.1) is 0 Å². The first-order valence-electron chi connectivity index (χ1n) is 9.23. The van der Waals surface area contributed by atoms with Gasteiger partial charge in [-0.25, -0.2) is 9.59 Å². The number of benzene rings is 3. The Hall–Kier alpha value is -3.25. The van der Waals surface area contributed by atoms with Gasteiger partial charge in [-0.3, -0.25) is 0 Å². The van der Waals surface area contributed by atoms with Gasteiger partial charge in [-0.15, -0.1) is 11.8 Å². The molecule has 3 aromatic rings. The number of carbonyl (C=O) groups is 2. The van der Waals surface area contributed by atoms with Crippen LogP contribution in [0.2, 0.25) is 0 Å². The Balaban J connectivity index is 2.04. The Morgan fingerprint density at radius 2 is 1.50 bits per heavy atom. The van der Waals surface area contributed by atoms with Crippen molar-refractivity contribution in [2.75, 3.05) is 21.3 Å². The summed E-state index contributed by atoms with van der Waals surface area (Å²) in [7, 11) is 4.22. The molecular formula is C24H22O5S. The Bertz CT molecular complexity index is 1030. The highest BCUT2D eigenvalue weighted by molar-refractivity contribution is 7.98. The predicted octanol–water partition coefficient (Wildman–Crippen LogP) is 5.23. The van der Waals surface area contributed by atoms with Crippen molar-refractivity contribution in [3.8, 4) is 16.9 Å². The Labute approximate surface area is 180 Å². The van der Waals surface area contributed by atoms with E-state index in [1.807, 2.05) is 60.7 Å². The maximum atomic E-state index is 12.6. The van der Waals surface area contributed by atoms with E-state index in [9.17, 15) is 9.59 Å². The minimum Gasteiger partial charge on any atom is -0.497 e. The quantitative estimate of drug-likeness (QED) is 0.384. The highest BCUT2D eigenvalue weighted by Gasteiger charge is 2.24. The number of esters is 2. The van der Waals surface area contributed by atoms with Crippen molar-refractivity contribution in [3.05, 3.63) is 83.4 Å². The number of hydrogen-bond donors (Lipinski definition) is 0. The van der Waals surface area contributed by atoms with Crippen LogP contribution in [-0.4, -0.2) is 33.3 Å². The summed E-state index contributed by atoms with van der Waals surface area (Å²) in [5, 5.41) is 0. The fourth-order valence-corrected chi connectivity index (χ4v) is 3.95. The third kappa shape index (κ3) is 4.83. The number of ether oxygens (including phenoxy) is 3. The molecule has 30 heavy (non-hydrogen) atoms. The molecule has 5 nitrogen and oxygen atoms in total. The number of thioether (sulfide) groups is 1. The number of methoxy groups -OCH3 is 3. The minimum atomic E-state index is -0.584. The van der Waals surface area contributed by atoms with Crippen molar-refractivity contribution in [2.45, 2.75) is 10.6 Å². The summed E-state index contributed by atoms with van der Waals surface area (Å²) in [6.45, 7) is 0. The van der Waals surface area contributed by atoms with E-state index in [-0.39, 0.29) is 11.1 Å². The van der Waals surface area contributed by atoms with Crippen molar-refractivity contribution in [2.24, 2.45) is 0 Å². The molecule has 0 saturated carbocycles. The first-order chi connectivity index (χ1) is 14.6. The molecule has 6 heteroatoms. The summed E-state index contributed by atoms with van der Waals surface area (Å²) in [6, 6.07) is 20.8. The zero-order valence-electron chi connectivity index (χ0n) is 17.0. The Morgan fingerprint density at radius 3 is 2.10 bits per heavy atom. The van der Waals surface area contributed by atoms with Gasteiger partial charge in [0.25, 0.3) is 0 Å². The van der Waals surface area contributed by atoms with Gasteiger partial charge in [-0.05, 0) is 41.0 Å². The number of rotatable bonds is 7. The summed E-state index contributed by atoms with van der Waals surface area (Å²) in [6.07, 6.45) is 0. The summed E-state index contributed by atoms with van der Waals surface area (Å²) in [5.41, 5.74) is 2.93. The van der Waals surface area contributed by atoms with E-state index in [1.54, 1.807) is 24.9 Å². The summed E-state index contributed by atoms with van der Waals surface area (Å²) in [5.74, 6) is 0.321. The first kappa shape index (κ1) is 21.5. The van der Waals surface area contributed by atoms with Crippen LogP contribution in [0.3, 0.4) is 0 Å². The molecule has 0 bridgehead atoms. The van der Waals surface area contributed by atoms with E-state index in [0.29, 0.717) is 11.3 Å². The normalized spacial score (nSPS) is 10.4. The maximum absolute atomic E-state index is 12.6. The van der Waals surface area contributed by atoms with Crippen LogP contribution < -0.4 is 4.74 Å². The highest BCUT2D eigenvalue weighted by Crippen LogP contribution is 2.34. The average Bonchev–Trinajstić information content (AvgIpc) is 2.81. The van der Waals surface area contributed by atoms with Gasteiger partial charge in [0.1, 0.15) is 5.75 Å². The molecule has 0 unspecified atom stereocenters. The molecule has 0 atom stereocenters. The second-order valence-corrected chi connectivity index (χ2v) is 7.43. The van der Waals surface area contributed by atoms with Gasteiger partial charge in [-0.2, -0.15) is 0 Å². The molecule has 0 aliphatic carbocycles. The number of hydrogen-bond acceptors (Lipinski definition) is 6. The third-order valence-electron chi connectivity index (χ3n) is 4.56. The molecular weight excluding hydrogens is 400 g/mol. The van der Waals surface area contributed by atoms with Crippen molar-refractivity contribution >= 4 is 23.7 Å². The standard InChI is InChI=1S/C24H22O5S/c1-27-18-11-9-16(10-12-18)15-30-19-13-20(17-7-5-4-6-8-17)22(24(26)29-3)21(14-19)23(25)28-2/h4-14H,15H2,1-3H3. The summed E-state index contributed by atoms with van der Waals surface area (Å²) >= 11 is 1.57. The van der Waals surface area contributed by atoms with Crippen LogP contribution in [0.25, 0.3) is 11.1 Å². The van der Waals surface area contributed by atoms with E-state index < -0.39 is 11.9 Å². The zero-order chi connectivity index (χ0) is 21.5. The molecule has 154 valence electrons. The summed E-state index contributed by atoms with van der Waals surface area (Å²) in [4.78, 5) is 25.9. The topological polar surface area (TPSA) is 61.8 Å². The second kappa shape index (κ2) is 9.98. The lowest BCUT2D eigenvalue weighted by Crippen LogP contribution is -2.13. The van der Waals surface area contributed by atoms with Crippen molar-refractivity contribution in [1.82, 2.24) is 0 Å². The molecule has 3 aromatic carbocycles. The fraction of sp³-hybridized carbons (Fsp3) is 0.167. The molecule has 0 fully saturated rings. The van der Waals surface area contributed by atoms with Crippen LogP contribution in [-0.2, 0) is 15.2 Å². The SMILES string of the molecule is COC(=O)c1cc(SCc2ccc(OC)cc2)cc(-c2ccccc2)c1C(=O)OC. The minimum absolute atomic E-state index is 0.183. The van der Waals surface area contributed by atoms with Crippen molar-refractivity contribution in [3.63, 3.8) is 0 Å². The van der Waals surface area contributed by atoms with Crippen LogP contribution in [0.1, 0.15) is 26.3 Å². The van der Waals surface area contributed by atoms with E-state index in [2.05, 4.69) is 0 Å². The maximum Gasteiger partial charge on any atom is 0.339 e. The van der Waals surface area contributed by atoms with Crippen LogP contribution in [0.5, 0.6) is 5.75 Å². The molecule has 0 aliphatic heterocycles. The van der Waals surface area contributed by atoms with Gasteiger partial charge in [0.2, 0.25) is 0 Å². The summed E-state index contributed by atoms with van der Waals surface area (Å²) < 4.78 is 15.1. The molecule has 0 saturated heterocycles. The molecule has 0 N–H and O–H groups in total. The van der Waals surface area contributed by atoms with Crippen molar-refractivity contribution in [1.29, 1.82) is 0 Å². The predicted molar refractivity (Wildman–Crippen MR) is 117 cm³/mol. The molecule has 0 spiro atoms. The van der Waals surface area contributed by atoms with Gasteiger partial charge in [0.05, 0.1) is 32.5 Å². The third-order valence-corrected chi connectivity index (χ3v) is 5.60. The van der Waals surface area contributed by atoms with Gasteiger partial charge < -0.3 is 14.2 Å². The highest BCUT2D eigenvalue weighted by atomic mass is 32.2. The van der Waals surface area contributed by atoms with E-state index in [0.717, 1.165) is 21.8 Å². The second-order valence-electron chi connectivity index (χ2n) is 6.38. The molecule has 0 aromatic heterocycles. The van der Waals surface area contributed by atoms with Gasteiger partial charge in [-0.1, -0.05) is 42.5 Å². The smallest absolute Gasteiger partial charge is 0.339 e. The number of carbonyl (C=O) groups excluding carboxylic acids is 2.